The Labute approximate surface area is 241 Å². The van der Waals surface area contributed by atoms with Crippen molar-refractivity contribution in [3.05, 3.63) is 108 Å². The molecule has 7 nitrogen and oxygen atoms in total. The Kier molecular flexibility index (Phi) is 7.99. The Morgan fingerprint density at radius 3 is 2.51 bits per heavy atom. The Hall–Kier alpha value is -4.57. The van der Waals surface area contributed by atoms with Gasteiger partial charge >= 0.3 is 0 Å². The third kappa shape index (κ3) is 6.12. The summed E-state index contributed by atoms with van der Waals surface area (Å²) in [5.74, 6) is 2.01. The van der Waals surface area contributed by atoms with E-state index in [4.69, 9.17) is 4.74 Å². The van der Waals surface area contributed by atoms with E-state index in [0.717, 1.165) is 67.1 Å². The molecule has 208 valence electrons. The summed E-state index contributed by atoms with van der Waals surface area (Å²) in [6.07, 6.45) is 8.56. The molecule has 3 aromatic carbocycles. The molecule has 2 fully saturated rings. The molecule has 1 saturated carbocycles. The molecule has 0 radical (unpaired) electrons. The van der Waals surface area contributed by atoms with Crippen LogP contribution in [0.3, 0.4) is 0 Å². The van der Waals surface area contributed by atoms with Crippen molar-refractivity contribution in [3.8, 4) is 17.6 Å². The number of nitrogens with zero attached hydrogens (tertiary/aromatic N) is 4. The minimum Gasteiger partial charge on any atom is -0.457 e. The van der Waals surface area contributed by atoms with Crippen LogP contribution in [0.25, 0.3) is 0 Å². The van der Waals surface area contributed by atoms with Crippen molar-refractivity contribution in [1.82, 2.24) is 14.9 Å². The predicted octanol–water partition coefficient (Wildman–Crippen LogP) is 6.31. The SMILES string of the molecule is N#Cc1ccc(CC(c2cnc[nH]2)C2CN(c3cccc(Oc4ccccc4)c3)CCN2C(=O)C2CCCC2)cc1. The fraction of sp³-hybridized carbons (Fsp3) is 0.324. The van der Waals surface area contributed by atoms with Crippen LogP contribution in [-0.4, -0.2) is 46.5 Å². The first-order chi connectivity index (χ1) is 20.2. The van der Waals surface area contributed by atoms with Crippen LogP contribution in [0.2, 0.25) is 0 Å². The van der Waals surface area contributed by atoms with Crippen molar-refractivity contribution in [1.29, 1.82) is 5.26 Å². The molecular formula is C34H35N5O2. The Balaban J connectivity index is 1.31. The van der Waals surface area contributed by atoms with Crippen LogP contribution in [-0.2, 0) is 11.2 Å². The lowest BCUT2D eigenvalue weighted by atomic mass is 9.86. The van der Waals surface area contributed by atoms with Crippen LogP contribution >= 0.6 is 0 Å². The van der Waals surface area contributed by atoms with E-state index in [2.05, 4.69) is 38.0 Å². The van der Waals surface area contributed by atoms with Crippen molar-refractivity contribution in [2.24, 2.45) is 5.92 Å². The van der Waals surface area contributed by atoms with E-state index in [-0.39, 0.29) is 23.8 Å². The average molecular weight is 546 g/mol. The lowest BCUT2D eigenvalue weighted by Crippen LogP contribution is -2.58. The highest BCUT2D eigenvalue weighted by atomic mass is 16.5. The lowest BCUT2D eigenvalue weighted by molar-refractivity contribution is -0.138. The van der Waals surface area contributed by atoms with Crippen molar-refractivity contribution in [3.63, 3.8) is 0 Å². The van der Waals surface area contributed by atoms with E-state index < -0.39 is 0 Å². The number of amides is 1. The lowest BCUT2D eigenvalue weighted by Gasteiger charge is -2.46. The number of rotatable bonds is 8. The van der Waals surface area contributed by atoms with Gasteiger partial charge in [0, 0.05) is 55.1 Å². The number of nitrogens with one attached hydrogen (secondary N) is 1. The minimum absolute atomic E-state index is 0.0161. The number of ether oxygens (including phenoxy) is 1. The Morgan fingerprint density at radius 2 is 1.78 bits per heavy atom. The normalized spacial score (nSPS) is 18.2. The monoisotopic (exact) mass is 545 g/mol. The number of benzene rings is 3. The molecule has 7 heteroatoms. The average Bonchev–Trinajstić information content (AvgIpc) is 3.76. The molecular weight excluding hydrogens is 510 g/mol. The van der Waals surface area contributed by atoms with Gasteiger partial charge in [0.1, 0.15) is 11.5 Å². The molecule has 2 heterocycles. The molecule has 1 aliphatic heterocycles. The standard InChI is InChI=1S/C34H35N5O2/c35-21-26-15-13-25(14-16-26)19-31(32-22-36-24-37-32)33-23-38(17-18-39(33)34(40)27-7-4-5-8-27)28-9-6-12-30(20-28)41-29-10-2-1-3-11-29/h1-3,6,9-16,20,22,24,27,31,33H,4-5,7-8,17-19,23H2,(H,36,37). The van der Waals surface area contributed by atoms with Crippen molar-refractivity contribution >= 4 is 11.6 Å². The van der Waals surface area contributed by atoms with Crippen LogP contribution < -0.4 is 9.64 Å². The maximum Gasteiger partial charge on any atom is 0.226 e. The number of hydrogen-bond donors (Lipinski definition) is 1. The number of hydrogen-bond acceptors (Lipinski definition) is 5. The number of aromatic amines is 1. The number of aromatic nitrogens is 2. The summed E-state index contributed by atoms with van der Waals surface area (Å²) in [5, 5.41) is 9.28. The van der Waals surface area contributed by atoms with Crippen LogP contribution in [0.1, 0.15) is 48.4 Å². The summed E-state index contributed by atoms with van der Waals surface area (Å²) >= 11 is 0. The van der Waals surface area contributed by atoms with Gasteiger partial charge in [0.2, 0.25) is 5.91 Å². The number of imidazole rings is 1. The van der Waals surface area contributed by atoms with Gasteiger partial charge in [0.05, 0.1) is 24.0 Å². The maximum atomic E-state index is 13.9. The smallest absolute Gasteiger partial charge is 0.226 e. The second-order valence-corrected chi connectivity index (χ2v) is 11.1. The minimum atomic E-state index is -0.0494. The number of H-pyrrole nitrogens is 1. The number of carbonyl (C=O) groups excluding carboxylic acids is 1. The van der Waals surface area contributed by atoms with Crippen molar-refractivity contribution in [2.75, 3.05) is 24.5 Å². The van der Waals surface area contributed by atoms with E-state index in [0.29, 0.717) is 18.7 Å². The first-order valence-electron chi connectivity index (χ1n) is 14.5. The molecule has 1 N–H and O–H groups in total. The molecule has 0 spiro atoms. The van der Waals surface area contributed by atoms with Crippen molar-refractivity contribution < 1.29 is 9.53 Å². The molecule has 2 atom stereocenters. The first kappa shape index (κ1) is 26.6. The number of piperazine rings is 1. The number of anilines is 1. The van der Waals surface area contributed by atoms with Gasteiger partial charge in [-0.15, -0.1) is 0 Å². The molecule has 1 aliphatic carbocycles. The molecule has 1 saturated heterocycles. The second-order valence-electron chi connectivity index (χ2n) is 11.1. The Morgan fingerprint density at radius 1 is 1.00 bits per heavy atom. The molecule has 1 amide bonds. The maximum absolute atomic E-state index is 13.9. The fourth-order valence-electron chi connectivity index (χ4n) is 6.33. The summed E-state index contributed by atoms with van der Waals surface area (Å²) < 4.78 is 6.14. The fourth-order valence-corrected chi connectivity index (χ4v) is 6.33. The van der Waals surface area contributed by atoms with Crippen LogP contribution in [0.15, 0.2) is 91.4 Å². The third-order valence-electron chi connectivity index (χ3n) is 8.49. The zero-order valence-corrected chi connectivity index (χ0v) is 23.2. The quantitative estimate of drug-likeness (QED) is 0.281. The van der Waals surface area contributed by atoms with Gasteiger partial charge in [-0.3, -0.25) is 4.79 Å². The summed E-state index contributed by atoms with van der Waals surface area (Å²) in [4.78, 5) is 26.2. The van der Waals surface area contributed by atoms with Gasteiger partial charge in [-0.2, -0.15) is 5.26 Å². The van der Waals surface area contributed by atoms with Gasteiger partial charge in [0.25, 0.3) is 0 Å². The zero-order valence-electron chi connectivity index (χ0n) is 23.2. The topological polar surface area (TPSA) is 85.2 Å². The highest BCUT2D eigenvalue weighted by Gasteiger charge is 2.40. The molecule has 0 bridgehead atoms. The molecule has 4 aromatic rings. The highest BCUT2D eigenvalue weighted by molar-refractivity contribution is 5.80. The van der Waals surface area contributed by atoms with Crippen LogP contribution in [0, 0.1) is 17.2 Å². The van der Waals surface area contributed by atoms with Gasteiger partial charge in [-0.1, -0.05) is 49.2 Å². The summed E-state index contributed by atoms with van der Waals surface area (Å²) in [7, 11) is 0. The summed E-state index contributed by atoms with van der Waals surface area (Å²) in [6, 6.07) is 28.0. The molecule has 1 aromatic heterocycles. The van der Waals surface area contributed by atoms with Gasteiger partial charge in [-0.05, 0) is 61.2 Å². The summed E-state index contributed by atoms with van der Waals surface area (Å²) in [5.41, 5.74) is 3.88. The molecule has 2 aliphatic rings. The Bertz CT molecular complexity index is 1470. The zero-order chi connectivity index (χ0) is 28.0. The van der Waals surface area contributed by atoms with Gasteiger partial charge in [0.15, 0.2) is 0 Å². The predicted molar refractivity (Wildman–Crippen MR) is 159 cm³/mol. The second kappa shape index (κ2) is 12.3. The highest BCUT2D eigenvalue weighted by Crippen LogP contribution is 2.35. The number of nitriles is 1. The van der Waals surface area contributed by atoms with Gasteiger partial charge in [-0.25, -0.2) is 4.98 Å². The third-order valence-corrected chi connectivity index (χ3v) is 8.49. The summed E-state index contributed by atoms with van der Waals surface area (Å²) in [6.45, 7) is 2.13. The number of para-hydroxylation sites is 1. The van der Waals surface area contributed by atoms with Crippen LogP contribution in [0.5, 0.6) is 11.5 Å². The van der Waals surface area contributed by atoms with Crippen molar-refractivity contribution in [2.45, 2.75) is 44.1 Å². The number of carbonyl (C=O) groups is 1. The molecule has 2 unspecified atom stereocenters. The first-order valence-corrected chi connectivity index (χ1v) is 14.5. The van der Waals surface area contributed by atoms with E-state index in [1.54, 1.807) is 6.33 Å². The van der Waals surface area contributed by atoms with E-state index in [9.17, 15) is 10.1 Å². The van der Waals surface area contributed by atoms with Crippen LogP contribution in [0.4, 0.5) is 5.69 Å². The molecule has 41 heavy (non-hydrogen) atoms. The largest absolute Gasteiger partial charge is 0.457 e. The van der Waals surface area contributed by atoms with E-state index in [1.165, 1.54) is 0 Å². The van der Waals surface area contributed by atoms with Gasteiger partial charge < -0.3 is 19.5 Å². The van der Waals surface area contributed by atoms with E-state index in [1.807, 2.05) is 72.9 Å². The van der Waals surface area contributed by atoms with E-state index >= 15 is 0 Å². The molecule has 6 rings (SSSR count).